The van der Waals surface area contributed by atoms with Gasteiger partial charge in [-0.05, 0) is 60.9 Å². The molecule has 2 N–H and O–H groups in total. The van der Waals surface area contributed by atoms with Crippen molar-refractivity contribution in [2.24, 2.45) is 5.11 Å². The van der Waals surface area contributed by atoms with E-state index in [1.54, 1.807) is 0 Å². The maximum atomic E-state index is 15.0. The normalized spacial score (nSPS) is 21.2. The highest BCUT2D eigenvalue weighted by Crippen LogP contribution is 2.40. The Labute approximate surface area is 707 Å². The molecule has 13 atom stereocenters. The van der Waals surface area contributed by atoms with Crippen LogP contribution in [0.4, 0.5) is 0 Å². The van der Waals surface area contributed by atoms with E-state index >= 15 is 0 Å². The molecular formula is C99H158N4O12S. The summed E-state index contributed by atoms with van der Waals surface area (Å²) in [5.74, 6) is -0.701. The predicted molar refractivity (Wildman–Crippen MR) is 473 cm³/mol. The van der Waals surface area contributed by atoms with E-state index in [4.69, 9.17) is 42.6 Å². The van der Waals surface area contributed by atoms with Gasteiger partial charge >= 0.3 is 5.97 Å². The van der Waals surface area contributed by atoms with Crippen LogP contribution < -0.4 is 5.32 Å². The van der Waals surface area contributed by atoms with Crippen molar-refractivity contribution in [1.29, 1.82) is 0 Å². The van der Waals surface area contributed by atoms with E-state index in [0.717, 1.165) is 85.8 Å². The molecule has 1 amide bonds. The summed E-state index contributed by atoms with van der Waals surface area (Å²) >= 11 is 1.43. The Hall–Kier alpha value is -4.88. The Morgan fingerprint density at radius 1 is 0.491 bits per heavy atom. The lowest BCUT2D eigenvalue weighted by Gasteiger charge is -2.49. The van der Waals surface area contributed by atoms with Gasteiger partial charge in [0.25, 0.3) is 0 Å². The molecular weight excluding hydrogens is 1470 g/mol. The van der Waals surface area contributed by atoms with Crippen LogP contribution in [0.25, 0.3) is 10.4 Å². The van der Waals surface area contributed by atoms with E-state index in [-0.39, 0.29) is 44.9 Å². The van der Waals surface area contributed by atoms with Crippen LogP contribution in [0.1, 0.15) is 378 Å². The summed E-state index contributed by atoms with van der Waals surface area (Å²) in [6, 6.07) is 37.6. The average molecular weight is 1630 g/mol. The number of fused-ring (bicyclic) bond motifs is 1. The van der Waals surface area contributed by atoms with Crippen LogP contribution in [0.2, 0.25) is 0 Å². The van der Waals surface area contributed by atoms with E-state index in [2.05, 4.69) is 48.2 Å². The Balaban J connectivity index is 0.996. The van der Waals surface area contributed by atoms with Crippen molar-refractivity contribution in [3.05, 3.63) is 148 Å². The fourth-order valence-electron chi connectivity index (χ4n) is 16.8. The fraction of sp³-hybridized carbons (Fsp3) is 0.737. The lowest BCUT2D eigenvalue weighted by atomic mass is 9.95. The van der Waals surface area contributed by atoms with Crippen LogP contribution in [0.15, 0.2) is 131 Å². The molecule has 3 aliphatic rings. The number of rotatable bonds is 71. The number of thioether (sulfide) groups is 1. The van der Waals surface area contributed by atoms with Crippen molar-refractivity contribution >= 4 is 23.6 Å². The molecule has 17 heteroatoms. The second-order valence-electron chi connectivity index (χ2n) is 33.8. The maximum absolute atomic E-state index is 15.0. The summed E-state index contributed by atoms with van der Waals surface area (Å²) in [5.41, 5.74) is 12.5. The highest BCUT2D eigenvalue weighted by molar-refractivity contribution is 7.99. The minimum atomic E-state index is -1.34. The zero-order valence-corrected chi connectivity index (χ0v) is 73.4. The Morgan fingerprint density at radius 3 is 1.40 bits per heavy atom. The molecule has 652 valence electrons. The first kappa shape index (κ1) is 98.2. The van der Waals surface area contributed by atoms with Crippen molar-refractivity contribution in [3.63, 3.8) is 0 Å². The van der Waals surface area contributed by atoms with Crippen molar-refractivity contribution in [1.82, 2.24) is 5.32 Å². The highest BCUT2D eigenvalue weighted by Gasteiger charge is 2.53. The molecule has 4 aromatic rings. The van der Waals surface area contributed by atoms with Gasteiger partial charge < -0.3 is 53.1 Å². The molecule has 3 saturated heterocycles. The van der Waals surface area contributed by atoms with E-state index in [1.807, 2.05) is 109 Å². The van der Waals surface area contributed by atoms with Crippen LogP contribution in [0, 0.1) is 0 Å². The van der Waals surface area contributed by atoms with Gasteiger partial charge in [0, 0.05) is 28.4 Å². The zero-order valence-electron chi connectivity index (χ0n) is 72.5. The van der Waals surface area contributed by atoms with Crippen LogP contribution in [-0.4, -0.2) is 109 Å². The Morgan fingerprint density at radius 2 is 0.922 bits per heavy atom. The molecule has 0 aromatic heterocycles. The summed E-state index contributed by atoms with van der Waals surface area (Å²) in [4.78, 5) is 33.2. The van der Waals surface area contributed by atoms with Crippen LogP contribution in [0.3, 0.4) is 0 Å². The zero-order chi connectivity index (χ0) is 81.6. The number of benzene rings is 4. The fourth-order valence-corrected chi connectivity index (χ4v) is 17.9. The predicted octanol–water partition coefficient (Wildman–Crippen LogP) is 26.7. The number of hydrogen-bond acceptors (Lipinski definition) is 14. The molecule has 16 nitrogen and oxygen atoms in total. The minimum absolute atomic E-state index is 0.0655. The molecule has 7 rings (SSSR count). The van der Waals surface area contributed by atoms with E-state index in [9.17, 15) is 20.2 Å². The summed E-state index contributed by atoms with van der Waals surface area (Å²) in [6.45, 7) is 7.65. The summed E-state index contributed by atoms with van der Waals surface area (Å²) in [6.07, 6.45) is 53.4. The van der Waals surface area contributed by atoms with Gasteiger partial charge in [-0.15, -0.1) is 0 Å². The lowest BCUT2D eigenvalue weighted by molar-refractivity contribution is -0.347. The quantitative estimate of drug-likeness (QED) is 0.0139. The van der Waals surface area contributed by atoms with Crippen molar-refractivity contribution in [2.75, 3.05) is 19.8 Å². The molecule has 4 aromatic carbocycles. The second-order valence-corrected chi connectivity index (χ2v) is 35.0. The number of nitrogens with zero attached hydrogens (tertiary/aromatic N) is 3. The number of aliphatic hydroxyl groups excluding tert-OH is 1. The van der Waals surface area contributed by atoms with Gasteiger partial charge in [-0.3, -0.25) is 9.59 Å². The molecule has 0 saturated carbocycles. The molecule has 116 heavy (non-hydrogen) atoms. The van der Waals surface area contributed by atoms with Crippen molar-refractivity contribution in [2.45, 2.75) is 452 Å². The molecule has 0 spiro atoms. The van der Waals surface area contributed by atoms with Crippen LogP contribution in [-0.2, 0) is 65.4 Å². The largest absolute Gasteiger partial charge is 0.462 e. The van der Waals surface area contributed by atoms with Gasteiger partial charge in [0.2, 0.25) is 5.91 Å². The molecule has 0 unspecified atom stereocenters. The third kappa shape index (κ3) is 42.6. The van der Waals surface area contributed by atoms with Crippen molar-refractivity contribution in [3.8, 4) is 0 Å². The summed E-state index contributed by atoms with van der Waals surface area (Å²) in [7, 11) is 0. The van der Waals surface area contributed by atoms with Gasteiger partial charge in [0.15, 0.2) is 12.6 Å². The average Bonchev–Trinajstić information content (AvgIpc) is 0.776. The maximum Gasteiger partial charge on any atom is 0.306 e. The first-order chi connectivity index (χ1) is 57.3. The van der Waals surface area contributed by atoms with Gasteiger partial charge in [0.05, 0.1) is 45.1 Å². The Bertz CT molecular complexity index is 3050. The number of ether oxygens (including phenoxy) is 9. The number of esters is 1. The van der Waals surface area contributed by atoms with Crippen molar-refractivity contribution < 1.29 is 57.3 Å². The minimum Gasteiger partial charge on any atom is -0.462 e. The van der Waals surface area contributed by atoms with Crippen LogP contribution >= 0.6 is 11.8 Å². The van der Waals surface area contributed by atoms with E-state index in [1.165, 1.54) is 256 Å². The number of carbonyl (C=O) groups is 2. The molecule has 3 heterocycles. The number of nitrogens with one attached hydrogen (secondary N) is 1. The summed E-state index contributed by atoms with van der Waals surface area (Å²) < 4.78 is 61.1. The topological polar surface area (TPSA) is 198 Å². The third-order valence-electron chi connectivity index (χ3n) is 23.8. The smallest absolute Gasteiger partial charge is 0.306 e. The number of amides is 1. The molecule has 3 fully saturated rings. The number of hydrogen-bond donors (Lipinski definition) is 2. The Kier molecular flexibility index (Phi) is 55.0. The lowest BCUT2D eigenvalue weighted by Crippen LogP contribution is -2.67. The number of aliphatic hydroxyl groups is 1. The molecule has 3 aliphatic heterocycles. The third-order valence-corrected chi connectivity index (χ3v) is 25.0. The van der Waals surface area contributed by atoms with Gasteiger partial charge in [-0.25, -0.2) is 0 Å². The summed E-state index contributed by atoms with van der Waals surface area (Å²) in [5, 5.41) is 20.5. The number of unbranched alkanes of at least 4 members (excludes halogenated alkanes) is 44. The standard InChI is InChI=1S/C99H158N4O12S/c1-4-7-10-13-16-19-22-23-24-25-26-27-28-29-30-31-32-33-34-35-38-41-44-47-62-73-90(105)112-85(70-59-46-43-40-37-21-18-15-12-9-6-3)76-89(104)101-91-93(106)94-87(79-110-97(115-94)83-67-56-50-57-68-83)113-98(91)111-80-88-95(109-78-82-65-54-49-55-66-82)96(92(102-103-100)99(114-88)116-86-71-60-51-61-72-86)107-75-74-84(108-77-81-63-52-48-53-64-81)69-58-45-42-39-36-20-17-14-11-8-5-2/h48-57,60-61,63-68,71-72,84-85,87-88,91-99,106H,4-47,58-59,62,69-70,73-80H2,1-3H3,(H,101,104)/t84-,85-,87-,88-,91-,92-,93-,94-,95-,96-,97-,98-,99+/m1/s1. The molecule has 0 aliphatic carbocycles. The number of carbonyl (C=O) groups excluding carboxylic acids is 2. The van der Waals surface area contributed by atoms with Crippen LogP contribution in [0.5, 0.6) is 0 Å². The first-order valence-electron chi connectivity index (χ1n) is 47.4. The molecule has 0 bridgehead atoms. The number of azide groups is 1. The second kappa shape index (κ2) is 64.9. The van der Waals surface area contributed by atoms with E-state index < -0.39 is 78.7 Å². The van der Waals surface area contributed by atoms with Gasteiger partial charge in [-0.1, -0.05) is 436 Å². The molecule has 0 radical (unpaired) electrons. The first-order valence-corrected chi connectivity index (χ1v) is 48.2. The monoisotopic (exact) mass is 1630 g/mol. The van der Waals surface area contributed by atoms with E-state index in [0.29, 0.717) is 25.9 Å². The SMILES string of the molecule is CCCCCCCCCCCCCCCCCCCCCCCCCCCC(=O)O[C@H](CCCCCCCCCCCCC)CC(=O)N[C@H]1[C@H](OC[C@H]2O[C@@H](Sc3ccccc3)[C@H](N=[N+]=[N-])[C@@H](OCC[C@@H](CCCCCCCCCCCCC)OCc3ccccc3)[C@@H]2OCc2ccccc2)O[C@@H]2CO[C@@H](c3ccccc3)O[C@H]2[C@@H]1O. The van der Waals surface area contributed by atoms with Gasteiger partial charge in [0.1, 0.15) is 54.1 Å². The highest BCUT2D eigenvalue weighted by atomic mass is 32.2. The van der Waals surface area contributed by atoms with Gasteiger partial charge in [-0.2, -0.15) is 0 Å².